The number of halogens is 5. The summed E-state index contributed by atoms with van der Waals surface area (Å²) < 4.78 is 41.7. The SMILES string of the molecule is Cc1ccccc1CSCCNC(=O)c1cc2ccccc2c(Cl)c1NC(=O)c1cc(C(F)(F)F)nn1-c1ncccc1Cl. The number of amides is 2. The van der Waals surface area contributed by atoms with Crippen LogP contribution in [0, 0.1) is 6.92 Å². The molecule has 3 aromatic carbocycles. The molecular weight excluding hydrogens is 634 g/mol. The monoisotopic (exact) mass is 657 g/mol. The summed E-state index contributed by atoms with van der Waals surface area (Å²) in [7, 11) is 0. The average Bonchev–Trinajstić information content (AvgIpc) is 3.46. The summed E-state index contributed by atoms with van der Waals surface area (Å²) in [6.07, 6.45) is -3.55. The fraction of sp³-hybridized carbons (Fsp3) is 0.161. The first-order valence-corrected chi connectivity index (χ1v) is 15.2. The Bertz CT molecular complexity index is 1860. The van der Waals surface area contributed by atoms with E-state index in [1.165, 1.54) is 29.5 Å². The Balaban J connectivity index is 1.43. The fourth-order valence-electron chi connectivity index (χ4n) is 4.44. The number of carbonyl (C=O) groups excluding carboxylic acids is 2. The maximum atomic E-state index is 13.6. The lowest BCUT2D eigenvalue weighted by Gasteiger charge is -2.16. The maximum Gasteiger partial charge on any atom is 0.435 e. The van der Waals surface area contributed by atoms with Crippen molar-refractivity contribution in [3.8, 4) is 5.82 Å². The minimum Gasteiger partial charge on any atom is -0.351 e. The van der Waals surface area contributed by atoms with Crippen molar-refractivity contribution in [2.75, 3.05) is 17.6 Å². The topological polar surface area (TPSA) is 88.9 Å². The van der Waals surface area contributed by atoms with Crippen LogP contribution in [0.25, 0.3) is 16.6 Å². The number of rotatable bonds is 9. The standard InChI is InChI=1S/C31H24Cl2F3N5O2S/c1-18-7-2-3-9-20(18)17-44-14-13-38-29(42)22-15-19-8-4-5-10-21(19)26(33)27(22)39-30(43)24-16-25(31(34,35)36)40-41(24)28-23(32)11-6-12-37-28/h2-12,15-16H,13-14,17H2,1H3,(H,38,42)(H,39,43). The number of nitrogens with zero attached hydrogens (tertiary/aromatic N) is 3. The van der Waals surface area contributed by atoms with Gasteiger partial charge in [0, 0.05) is 35.7 Å². The molecule has 2 N–H and O–H groups in total. The van der Waals surface area contributed by atoms with Gasteiger partial charge in [-0.05, 0) is 41.6 Å². The van der Waals surface area contributed by atoms with Crippen LogP contribution in [0.3, 0.4) is 0 Å². The third-order valence-electron chi connectivity index (χ3n) is 6.69. The summed E-state index contributed by atoms with van der Waals surface area (Å²) in [5, 5.41) is 10.2. The van der Waals surface area contributed by atoms with Gasteiger partial charge in [0.2, 0.25) is 0 Å². The zero-order chi connectivity index (χ0) is 31.4. The van der Waals surface area contributed by atoms with Crippen molar-refractivity contribution in [1.82, 2.24) is 20.1 Å². The van der Waals surface area contributed by atoms with Crippen LogP contribution in [0.2, 0.25) is 10.0 Å². The third kappa shape index (κ3) is 6.85. The number of anilines is 1. The first kappa shape index (κ1) is 31.4. The largest absolute Gasteiger partial charge is 0.435 e. The number of thioether (sulfide) groups is 1. The van der Waals surface area contributed by atoms with Crippen molar-refractivity contribution in [2.24, 2.45) is 0 Å². The van der Waals surface area contributed by atoms with Crippen molar-refractivity contribution in [2.45, 2.75) is 18.9 Å². The number of aromatic nitrogens is 3. The minimum absolute atomic E-state index is 0.0255. The van der Waals surface area contributed by atoms with Gasteiger partial charge in [-0.15, -0.1) is 0 Å². The Labute approximate surface area is 264 Å². The number of aryl methyl sites for hydroxylation is 1. The molecule has 0 aliphatic heterocycles. The Morgan fingerprint density at radius 2 is 1.73 bits per heavy atom. The lowest BCUT2D eigenvalue weighted by molar-refractivity contribution is -0.141. The van der Waals surface area contributed by atoms with Gasteiger partial charge in [-0.2, -0.15) is 30.0 Å². The predicted octanol–water partition coefficient (Wildman–Crippen LogP) is 7.97. The van der Waals surface area contributed by atoms with Gasteiger partial charge in [-0.3, -0.25) is 9.59 Å². The first-order chi connectivity index (χ1) is 21.0. The van der Waals surface area contributed by atoms with Gasteiger partial charge < -0.3 is 10.6 Å². The van der Waals surface area contributed by atoms with Crippen LogP contribution in [0.15, 0.2) is 79.0 Å². The molecule has 2 amide bonds. The molecule has 0 atom stereocenters. The van der Waals surface area contributed by atoms with Crippen LogP contribution in [0.4, 0.5) is 18.9 Å². The van der Waals surface area contributed by atoms with Crippen LogP contribution >= 0.6 is 35.0 Å². The molecule has 2 heterocycles. The number of pyridine rings is 1. The van der Waals surface area contributed by atoms with Crippen LogP contribution in [0.1, 0.15) is 37.7 Å². The molecule has 0 bridgehead atoms. The molecule has 44 heavy (non-hydrogen) atoms. The van der Waals surface area contributed by atoms with Crippen LogP contribution in [-0.4, -0.2) is 38.9 Å². The summed E-state index contributed by atoms with van der Waals surface area (Å²) in [5.41, 5.74) is 0.535. The van der Waals surface area contributed by atoms with Crippen molar-refractivity contribution < 1.29 is 22.8 Å². The average molecular weight is 659 g/mol. The summed E-state index contributed by atoms with van der Waals surface area (Å²) in [4.78, 5) is 31.0. The normalized spacial score (nSPS) is 11.5. The molecule has 0 aliphatic carbocycles. The number of hydrogen-bond acceptors (Lipinski definition) is 5. The molecule has 7 nitrogen and oxygen atoms in total. The van der Waals surface area contributed by atoms with Gasteiger partial charge >= 0.3 is 6.18 Å². The lowest BCUT2D eigenvalue weighted by Crippen LogP contribution is -2.28. The van der Waals surface area contributed by atoms with E-state index in [9.17, 15) is 22.8 Å². The third-order valence-corrected chi connectivity index (χ3v) is 8.39. The number of nitrogens with one attached hydrogen (secondary N) is 2. The molecule has 2 aromatic heterocycles. The number of hydrogen-bond donors (Lipinski definition) is 2. The van der Waals surface area contributed by atoms with E-state index in [1.54, 1.807) is 42.1 Å². The maximum absolute atomic E-state index is 13.6. The molecule has 0 spiro atoms. The van der Waals surface area contributed by atoms with E-state index in [4.69, 9.17) is 23.2 Å². The zero-order valence-electron chi connectivity index (χ0n) is 23.1. The second-order valence-corrected chi connectivity index (χ2v) is 11.5. The highest BCUT2D eigenvalue weighted by Crippen LogP contribution is 2.36. The van der Waals surface area contributed by atoms with Gasteiger partial charge in [-0.25, -0.2) is 9.67 Å². The van der Waals surface area contributed by atoms with Crippen LogP contribution < -0.4 is 10.6 Å². The molecule has 0 fully saturated rings. The summed E-state index contributed by atoms with van der Waals surface area (Å²) in [6, 6.07) is 20.1. The highest BCUT2D eigenvalue weighted by molar-refractivity contribution is 7.98. The number of carbonyl (C=O) groups is 2. The van der Waals surface area contributed by atoms with E-state index in [-0.39, 0.29) is 27.1 Å². The predicted molar refractivity (Wildman–Crippen MR) is 168 cm³/mol. The van der Waals surface area contributed by atoms with E-state index in [1.807, 2.05) is 25.1 Å². The van der Waals surface area contributed by atoms with Gasteiger partial charge in [0.15, 0.2) is 11.5 Å². The molecule has 5 rings (SSSR count). The Morgan fingerprint density at radius 1 is 0.977 bits per heavy atom. The molecule has 226 valence electrons. The fourth-order valence-corrected chi connectivity index (χ4v) is 5.90. The van der Waals surface area contributed by atoms with Crippen molar-refractivity contribution in [3.63, 3.8) is 0 Å². The van der Waals surface area contributed by atoms with E-state index < -0.39 is 29.4 Å². The number of benzene rings is 3. The number of alkyl halides is 3. The van der Waals surface area contributed by atoms with Crippen LogP contribution in [0.5, 0.6) is 0 Å². The van der Waals surface area contributed by atoms with E-state index >= 15 is 0 Å². The second-order valence-electron chi connectivity index (χ2n) is 9.66. The Kier molecular flexibility index (Phi) is 9.48. The van der Waals surface area contributed by atoms with Crippen molar-refractivity contribution in [3.05, 3.63) is 117 Å². The Hall–Kier alpha value is -4.06. The molecular formula is C31H24Cl2F3N5O2S. The molecule has 0 radical (unpaired) electrons. The highest BCUT2D eigenvalue weighted by Gasteiger charge is 2.37. The van der Waals surface area contributed by atoms with Gasteiger partial charge in [-0.1, -0.05) is 71.7 Å². The molecule has 0 unspecified atom stereocenters. The summed E-state index contributed by atoms with van der Waals surface area (Å²) in [5.74, 6) is -0.302. The first-order valence-electron chi connectivity index (χ1n) is 13.3. The second kappa shape index (κ2) is 13.3. The van der Waals surface area contributed by atoms with E-state index in [0.29, 0.717) is 33.8 Å². The van der Waals surface area contributed by atoms with Gasteiger partial charge in [0.05, 0.1) is 21.3 Å². The van der Waals surface area contributed by atoms with Gasteiger partial charge in [0.1, 0.15) is 5.69 Å². The van der Waals surface area contributed by atoms with Gasteiger partial charge in [0.25, 0.3) is 11.8 Å². The summed E-state index contributed by atoms with van der Waals surface area (Å²) in [6.45, 7) is 2.37. The highest BCUT2D eigenvalue weighted by atomic mass is 35.5. The molecule has 0 saturated carbocycles. The zero-order valence-corrected chi connectivity index (χ0v) is 25.4. The molecule has 0 saturated heterocycles. The van der Waals surface area contributed by atoms with Crippen molar-refractivity contribution >= 4 is 63.2 Å². The molecule has 13 heteroatoms. The van der Waals surface area contributed by atoms with Crippen molar-refractivity contribution in [1.29, 1.82) is 0 Å². The molecule has 0 aliphatic rings. The van der Waals surface area contributed by atoms with E-state index in [2.05, 4.69) is 26.8 Å². The smallest absolute Gasteiger partial charge is 0.351 e. The quantitative estimate of drug-likeness (QED) is 0.157. The minimum atomic E-state index is -4.86. The molecule has 5 aromatic rings. The summed E-state index contributed by atoms with van der Waals surface area (Å²) >= 11 is 14.5. The lowest BCUT2D eigenvalue weighted by atomic mass is 10.0. The van der Waals surface area contributed by atoms with E-state index in [0.717, 1.165) is 5.75 Å². The van der Waals surface area contributed by atoms with Crippen LogP contribution in [-0.2, 0) is 11.9 Å². The Morgan fingerprint density at radius 3 is 2.48 bits per heavy atom. The number of fused-ring (bicyclic) bond motifs is 1.